The standard InChI is InChI=1S/C91H60N2/c1-3-20-61(21-4-1)68-24-17-25-69(56-68)71-27-19-29-75(58-71)91(84-35-12-7-31-78(84)79-32-8-13-36-85(79)91)74-28-18-26-70(57-74)66-46-44-63(45-47-66)62-40-42-64(43-41-62)65-48-52-76(53-49-65)92-87-38-15-10-33-80(87)82-59-72(50-54-89(82)92)73-51-55-90-83(60-73)81-34-11-16-39-88(81)93(90)86-37-14-9-30-77(86)67-22-5-2-6-23-67/h1-60H. The van der Waals surface area contributed by atoms with Crippen LogP contribution in [-0.2, 0) is 5.41 Å². The van der Waals surface area contributed by atoms with Gasteiger partial charge in [0, 0.05) is 32.8 Å². The lowest BCUT2D eigenvalue weighted by atomic mass is 9.67. The fraction of sp³-hybridized carbons (Fsp3) is 0.0110. The lowest BCUT2D eigenvalue weighted by Crippen LogP contribution is -2.28. The van der Waals surface area contributed by atoms with Gasteiger partial charge in [0.15, 0.2) is 0 Å². The van der Waals surface area contributed by atoms with Crippen LogP contribution in [0.15, 0.2) is 364 Å². The van der Waals surface area contributed by atoms with Crippen molar-refractivity contribution in [3.63, 3.8) is 0 Å². The fourth-order valence-electron chi connectivity index (χ4n) is 15.3. The third-order valence-corrected chi connectivity index (χ3v) is 19.7. The van der Waals surface area contributed by atoms with E-state index in [1.807, 2.05) is 0 Å². The first-order valence-corrected chi connectivity index (χ1v) is 32.2. The van der Waals surface area contributed by atoms with Crippen molar-refractivity contribution in [3.8, 4) is 100 Å². The third kappa shape index (κ3) is 8.94. The van der Waals surface area contributed by atoms with Gasteiger partial charge in [-0.2, -0.15) is 0 Å². The molecule has 2 aromatic heterocycles. The molecule has 0 atom stereocenters. The van der Waals surface area contributed by atoms with Gasteiger partial charge in [0.1, 0.15) is 0 Å². The van der Waals surface area contributed by atoms with E-state index in [1.165, 1.54) is 161 Å². The van der Waals surface area contributed by atoms with Crippen LogP contribution >= 0.6 is 0 Å². The van der Waals surface area contributed by atoms with Crippen LogP contribution in [0.25, 0.3) is 144 Å². The van der Waals surface area contributed by atoms with Crippen LogP contribution in [0.3, 0.4) is 0 Å². The van der Waals surface area contributed by atoms with Crippen molar-refractivity contribution in [1.82, 2.24) is 9.13 Å². The molecule has 0 radical (unpaired) electrons. The van der Waals surface area contributed by atoms with Gasteiger partial charge in [0.25, 0.3) is 0 Å². The van der Waals surface area contributed by atoms with Crippen LogP contribution in [0.1, 0.15) is 22.3 Å². The van der Waals surface area contributed by atoms with Crippen LogP contribution in [-0.4, -0.2) is 9.13 Å². The van der Waals surface area contributed by atoms with Gasteiger partial charge in [-0.3, -0.25) is 0 Å². The van der Waals surface area contributed by atoms with E-state index in [4.69, 9.17) is 0 Å². The normalized spacial score (nSPS) is 12.4. The highest BCUT2D eigenvalue weighted by Gasteiger charge is 2.46. The summed E-state index contributed by atoms with van der Waals surface area (Å²) in [5, 5.41) is 4.95. The van der Waals surface area contributed by atoms with Gasteiger partial charge >= 0.3 is 0 Å². The lowest BCUT2D eigenvalue weighted by molar-refractivity contribution is 0.769. The molecule has 1 aliphatic carbocycles. The number of hydrogen-bond acceptors (Lipinski definition) is 0. The van der Waals surface area contributed by atoms with Crippen molar-refractivity contribution in [2.75, 3.05) is 0 Å². The molecular weight excluding hydrogens is 1120 g/mol. The van der Waals surface area contributed by atoms with Gasteiger partial charge in [-0.15, -0.1) is 0 Å². The minimum atomic E-state index is -0.546. The van der Waals surface area contributed by atoms with Crippen molar-refractivity contribution in [2.45, 2.75) is 5.41 Å². The van der Waals surface area contributed by atoms with Crippen molar-refractivity contribution in [2.24, 2.45) is 0 Å². The summed E-state index contributed by atoms with van der Waals surface area (Å²) >= 11 is 0. The summed E-state index contributed by atoms with van der Waals surface area (Å²) < 4.78 is 4.85. The first-order valence-electron chi connectivity index (χ1n) is 32.2. The minimum absolute atomic E-state index is 0.546. The number of rotatable bonds is 11. The molecule has 93 heavy (non-hydrogen) atoms. The zero-order valence-electron chi connectivity index (χ0n) is 51.0. The maximum Gasteiger partial charge on any atom is 0.0713 e. The molecule has 0 unspecified atom stereocenters. The van der Waals surface area contributed by atoms with Gasteiger partial charge in [-0.25, -0.2) is 0 Å². The third-order valence-electron chi connectivity index (χ3n) is 19.7. The molecule has 2 heterocycles. The second kappa shape index (κ2) is 22.1. The van der Waals surface area contributed by atoms with Gasteiger partial charge in [0.2, 0.25) is 0 Å². The summed E-state index contributed by atoms with van der Waals surface area (Å²) in [7, 11) is 0. The summed E-state index contributed by atoms with van der Waals surface area (Å²) in [5.74, 6) is 0. The van der Waals surface area contributed by atoms with Crippen molar-refractivity contribution >= 4 is 43.6 Å². The van der Waals surface area contributed by atoms with Crippen LogP contribution in [0.5, 0.6) is 0 Å². The summed E-state index contributed by atoms with van der Waals surface area (Å²) in [5.41, 5.74) is 30.9. The predicted octanol–water partition coefficient (Wildman–Crippen LogP) is 23.9. The van der Waals surface area contributed by atoms with E-state index in [0.29, 0.717) is 0 Å². The van der Waals surface area contributed by atoms with Crippen LogP contribution in [0.2, 0.25) is 0 Å². The number of hydrogen-bond donors (Lipinski definition) is 0. The highest BCUT2D eigenvalue weighted by Crippen LogP contribution is 2.57. The van der Waals surface area contributed by atoms with Crippen molar-refractivity contribution in [1.29, 1.82) is 0 Å². The Morgan fingerprint density at radius 1 is 0.183 bits per heavy atom. The maximum absolute atomic E-state index is 2.44. The second-order valence-corrected chi connectivity index (χ2v) is 24.7. The van der Waals surface area contributed by atoms with E-state index in [-0.39, 0.29) is 0 Å². The smallest absolute Gasteiger partial charge is 0.0713 e. The maximum atomic E-state index is 2.44. The van der Waals surface area contributed by atoms with Gasteiger partial charge in [-0.05, 0) is 179 Å². The average Bonchev–Trinajstić information content (AvgIpc) is 1.56. The van der Waals surface area contributed by atoms with E-state index in [0.717, 1.165) is 5.69 Å². The van der Waals surface area contributed by atoms with Crippen molar-refractivity contribution < 1.29 is 0 Å². The number of aromatic nitrogens is 2. The molecule has 0 fully saturated rings. The van der Waals surface area contributed by atoms with E-state index < -0.39 is 5.41 Å². The van der Waals surface area contributed by atoms with E-state index >= 15 is 0 Å². The van der Waals surface area contributed by atoms with E-state index in [1.54, 1.807) is 0 Å². The fourth-order valence-corrected chi connectivity index (χ4v) is 15.3. The molecule has 1 aliphatic rings. The molecule has 2 nitrogen and oxygen atoms in total. The summed E-state index contributed by atoms with van der Waals surface area (Å²) in [6, 6.07) is 135. The molecule has 0 saturated carbocycles. The topological polar surface area (TPSA) is 9.86 Å². The Morgan fingerprint density at radius 3 is 1.06 bits per heavy atom. The molecule has 0 N–H and O–H groups in total. The van der Waals surface area contributed by atoms with E-state index in [9.17, 15) is 0 Å². The molecule has 0 spiro atoms. The summed E-state index contributed by atoms with van der Waals surface area (Å²) in [6.07, 6.45) is 0. The molecule has 0 aliphatic heterocycles. The molecule has 18 rings (SSSR count). The SMILES string of the molecule is c1ccc(-c2cccc(-c3cccc(C4(c5cccc(-c6ccc(-c7ccc(-c8ccc(-n9c%10ccccc%10c%10cc(-c%11ccc%12c(c%11)c%11ccccc%11n%12-c%11ccccc%11-c%11ccccc%11)ccc%109)cc8)cc7)cc6)c5)c5ccccc5-c5ccccc54)c3)c2)cc1. The Kier molecular flexibility index (Phi) is 12.8. The highest BCUT2D eigenvalue weighted by atomic mass is 15.0. The van der Waals surface area contributed by atoms with Crippen LogP contribution in [0, 0.1) is 0 Å². The van der Waals surface area contributed by atoms with Gasteiger partial charge in [0.05, 0.1) is 33.2 Å². The minimum Gasteiger partial charge on any atom is -0.309 e. The van der Waals surface area contributed by atoms with E-state index in [2.05, 4.69) is 373 Å². The first-order chi connectivity index (χ1) is 46.1. The molecule has 2 heteroatoms. The Hall–Kier alpha value is -12.1. The Labute approximate surface area is 541 Å². The molecule has 0 saturated heterocycles. The van der Waals surface area contributed by atoms with Crippen LogP contribution < -0.4 is 0 Å². The molecular formula is C91H60N2. The molecule has 0 bridgehead atoms. The summed E-state index contributed by atoms with van der Waals surface area (Å²) in [6.45, 7) is 0. The lowest BCUT2D eigenvalue weighted by Gasteiger charge is -2.34. The molecule has 434 valence electrons. The molecule has 17 aromatic rings. The summed E-state index contributed by atoms with van der Waals surface area (Å²) in [4.78, 5) is 0. The quantitative estimate of drug-likeness (QED) is 0.122. The highest BCUT2D eigenvalue weighted by molar-refractivity contribution is 6.13. The monoisotopic (exact) mass is 1180 g/mol. The number of fused-ring (bicyclic) bond motifs is 9. The van der Waals surface area contributed by atoms with Gasteiger partial charge in [-0.1, -0.05) is 291 Å². The Bertz CT molecular complexity index is 5670. The van der Waals surface area contributed by atoms with Crippen molar-refractivity contribution in [3.05, 3.63) is 386 Å². The predicted molar refractivity (Wildman–Crippen MR) is 390 cm³/mol. The molecule has 0 amide bonds. The van der Waals surface area contributed by atoms with Crippen LogP contribution in [0.4, 0.5) is 0 Å². The number of nitrogens with zero attached hydrogens (tertiary/aromatic N) is 2. The first kappa shape index (κ1) is 53.9. The zero-order chi connectivity index (χ0) is 61.4. The Balaban J connectivity index is 0.629. The Morgan fingerprint density at radius 2 is 0.516 bits per heavy atom. The zero-order valence-corrected chi connectivity index (χ0v) is 51.0. The van der Waals surface area contributed by atoms with Gasteiger partial charge < -0.3 is 9.13 Å². The number of para-hydroxylation sites is 3. The average molecular weight is 1180 g/mol. The number of benzene rings is 15. The largest absolute Gasteiger partial charge is 0.309 e. The second-order valence-electron chi connectivity index (χ2n) is 24.7. The molecule has 15 aromatic carbocycles.